The number of hydrogen-bond donors (Lipinski definition) is 1. The van der Waals surface area contributed by atoms with Crippen molar-refractivity contribution in [2.45, 2.75) is 37.1 Å². The molecule has 2 N–H and O–H groups in total. The number of halogens is 1. The molecule has 2 aliphatic rings. The highest BCUT2D eigenvalue weighted by molar-refractivity contribution is 9.10. The first-order valence-corrected chi connectivity index (χ1v) is 9.65. The maximum Gasteiger partial charge on any atom is 0.243 e. The minimum Gasteiger partial charge on any atom is -0.327 e. The van der Waals surface area contributed by atoms with E-state index in [1.54, 1.807) is 22.5 Å². The van der Waals surface area contributed by atoms with Crippen molar-refractivity contribution < 1.29 is 8.42 Å². The van der Waals surface area contributed by atoms with Crippen molar-refractivity contribution in [1.82, 2.24) is 4.31 Å². The fourth-order valence-corrected chi connectivity index (χ4v) is 5.47. The first-order chi connectivity index (χ1) is 9.89. The molecule has 4 nitrogen and oxygen atoms in total. The zero-order chi connectivity index (χ0) is 15.2. The Morgan fingerprint density at radius 3 is 2.71 bits per heavy atom. The van der Waals surface area contributed by atoms with Gasteiger partial charge in [-0.3, -0.25) is 0 Å². The van der Waals surface area contributed by atoms with Crippen molar-refractivity contribution in [3.8, 4) is 0 Å². The van der Waals surface area contributed by atoms with Crippen LogP contribution in [0.5, 0.6) is 0 Å². The minimum atomic E-state index is -3.40. The van der Waals surface area contributed by atoms with Crippen LogP contribution in [-0.2, 0) is 10.0 Å². The molecule has 3 atom stereocenters. The number of nitrogens with zero attached hydrogens (tertiary/aromatic N) is 1. The maximum atomic E-state index is 12.8. The van der Waals surface area contributed by atoms with Crippen LogP contribution in [0.3, 0.4) is 0 Å². The Hall–Kier alpha value is -0.430. The third-order valence-corrected chi connectivity index (χ3v) is 7.60. The largest absolute Gasteiger partial charge is 0.327 e. The highest BCUT2D eigenvalue weighted by Gasteiger charge is 2.43. The Balaban J connectivity index is 1.87. The molecule has 21 heavy (non-hydrogen) atoms. The van der Waals surface area contributed by atoms with E-state index in [2.05, 4.69) is 15.9 Å². The van der Waals surface area contributed by atoms with Crippen LogP contribution in [0.25, 0.3) is 0 Å². The summed E-state index contributed by atoms with van der Waals surface area (Å²) in [6.07, 6.45) is 3.24. The van der Waals surface area contributed by atoms with Gasteiger partial charge in [0.05, 0.1) is 4.90 Å². The molecule has 1 aromatic carbocycles. The Bertz CT molecular complexity index is 647. The topological polar surface area (TPSA) is 63.4 Å². The van der Waals surface area contributed by atoms with Crippen molar-refractivity contribution in [2.24, 2.45) is 17.6 Å². The minimum absolute atomic E-state index is 0.149. The molecule has 3 rings (SSSR count). The van der Waals surface area contributed by atoms with E-state index in [1.165, 1.54) is 0 Å². The third kappa shape index (κ3) is 2.79. The number of fused-ring (bicyclic) bond motifs is 1. The Kier molecular flexibility index (Phi) is 4.16. The van der Waals surface area contributed by atoms with Crippen LogP contribution in [0.15, 0.2) is 27.6 Å². The lowest BCUT2D eigenvalue weighted by Gasteiger charge is -2.29. The number of rotatable bonds is 2. The molecule has 3 unspecified atom stereocenters. The molecule has 6 heteroatoms. The molecule has 2 fully saturated rings. The lowest BCUT2D eigenvalue weighted by molar-refractivity contribution is 0.260. The average molecular weight is 373 g/mol. The maximum absolute atomic E-state index is 12.8. The average Bonchev–Trinajstić information content (AvgIpc) is 2.88. The summed E-state index contributed by atoms with van der Waals surface area (Å²) in [6.45, 7) is 3.10. The molecule has 1 aliphatic heterocycles. The lowest BCUT2D eigenvalue weighted by Crippen LogP contribution is -2.38. The van der Waals surface area contributed by atoms with Crippen molar-refractivity contribution in [3.63, 3.8) is 0 Å². The van der Waals surface area contributed by atoms with E-state index in [0.717, 1.165) is 29.3 Å². The second-order valence-corrected chi connectivity index (χ2v) is 9.04. The number of sulfonamides is 1. The van der Waals surface area contributed by atoms with Crippen molar-refractivity contribution in [3.05, 3.63) is 28.2 Å². The Morgan fingerprint density at radius 1 is 1.29 bits per heavy atom. The molecule has 1 saturated heterocycles. The molecule has 1 heterocycles. The second-order valence-electron chi connectivity index (χ2n) is 6.25. The molecule has 0 spiro atoms. The summed E-state index contributed by atoms with van der Waals surface area (Å²) in [5, 5.41) is 0. The predicted octanol–water partition coefficient (Wildman–Crippen LogP) is 2.51. The quantitative estimate of drug-likeness (QED) is 0.867. The van der Waals surface area contributed by atoms with Gasteiger partial charge >= 0.3 is 0 Å². The van der Waals surface area contributed by atoms with Crippen molar-refractivity contribution in [1.29, 1.82) is 0 Å². The third-order valence-electron chi connectivity index (χ3n) is 4.89. The highest BCUT2D eigenvalue weighted by atomic mass is 79.9. The van der Waals surface area contributed by atoms with Crippen LogP contribution in [0, 0.1) is 18.8 Å². The van der Waals surface area contributed by atoms with E-state index in [4.69, 9.17) is 5.73 Å². The van der Waals surface area contributed by atoms with Gasteiger partial charge in [-0.25, -0.2) is 8.42 Å². The first-order valence-electron chi connectivity index (χ1n) is 7.41. The van der Waals surface area contributed by atoms with Crippen LogP contribution in [0.2, 0.25) is 0 Å². The van der Waals surface area contributed by atoms with Gasteiger partial charge in [-0.05, 0) is 55.4 Å². The second kappa shape index (κ2) is 5.65. The monoisotopic (exact) mass is 372 g/mol. The number of aryl methyl sites for hydroxylation is 1. The fourth-order valence-electron chi connectivity index (χ4n) is 3.60. The number of hydrogen-bond acceptors (Lipinski definition) is 3. The Labute approximate surface area is 134 Å². The van der Waals surface area contributed by atoms with E-state index < -0.39 is 10.0 Å². The zero-order valence-electron chi connectivity index (χ0n) is 12.1. The van der Waals surface area contributed by atoms with Crippen LogP contribution < -0.4 is 5.73 Å². The van der Waals surface area contributed by atoms with Crippen LogP contribution >= 0.6 is 15.9 Å². The van der Waals surface area contributed by atoms with Gasteiger partial charge in [0.1, 0.15) is 0 Å². The van der Waals surface area contributed by atoms with E-state index in [-0.39, 0.29) is 6.04 Å². The van der Waals surface area contributed by atoms with Crippen LogP contribution in [0.1, 0.15) is 24.8 Å². The summed E-state index contributed by atoms with van der Waals surface area (Å²) >= 11 is 3.41. The zero-order valence-corrected chi connectivity index (χ0v) is 14.5. The number of benzene rings is 1. The van der Waals surface area contributed by atoms with Crippen molar-refractivity contribution >= 4 is 26.0 Å². The molecular weight excluding hydrogens is 352 g/mol. The lowest BCUT2D eigenvalue weighted by atomic mass is 9.78. The molecular formula is C15H21BrN2O2S. The summed E-state index contributed by atoms with van der Waals surface area (Å²) < 4.78 is 28.2. The SMILES string of the molecule is Cc1cc(S(=O)(=O)N2CC3CCCC(N)C3C2)ccc1Br. The summed E-state index contributed by atoms with van der Waals surface area (Å²) in [5.74, 6) is 0.755. The predicted molar refractivity (Wildman–Crippen MR) is 86.4 cm³/mol. The highest BCUT2D eigenvalue weighted by Crippen LogP contribution is 2.38. The van der Waals surface area contributed by atoms with Gasteiger partial charge in [-0.2, -0.15) is 4.31 Å². The molecule has 0 radical (unpaired) electrons. The fraction of sp³-hybridized carbons (Fsp3) is 0.600. The van der Waals surface area contributed by atoms with Gasteiger partial charge < -0.3 is 5.73 Å². The summed E-state index contributed by atoms with van der Waals surface area (Å²) in [6, 6.07) is 5.36. The normalized spacial score (nSPS) is 30.3. The van der Waals surface area contributed by atoms with E-state index >= 15 is 0 Å². The number of nitrogens with two attached hydrogens (primary N) is 1. The van der Waals surface area contributed by atoms with E-state index in [0.29, 0.717) is 29.8 Å². The molecule has 1 saturated carbocycles. The van der Waals surface area contributed by atoms with E-state index in [9.17, 15) is 8.42 Å². The Morgan fingerprint density at radius 2 is 2.05 bits per heavy atom. The molecule has 0 bridgehead atoms. The molecule has 1 aliphatic carbocycles. The smallest absolute Gasteiger partial charge is 0.243 e. The molecule has 0 aromatic heterocycles. The summed E-state index contributed by atoms with van der Waals surface area (Å²) in [7, 11) is -3.40. The van der Waals surface area contributed by atoms with Gasteiger partial charge in [0, 0.05) is 23.6 Å². The van der Waals surface area contributed by atoms with Gasteiger partial charge in [0.15, 0.2) is 0 Å². The summed E-state index contributed by atoms with van der Waals surface area (Å²) in [4.78, 5) is 0.385. The van der Waals surface area contributed by atoms with Gasteiger partial charge in [-0.1, -0.05) is 22.4 Å². The van der Waals surface area contributed by atoms with Crippen LogP contribution in [0.4, 0.5) is 0 Å². The van der Waals surface area contributed by atoms with Crippen LogP contribution in [-0.4, -0.2) is 31.9 Å². The molecule has 1 aromatic rings. The standard InChI is InChI=1S/C15H21BrN2O2S/c1-10-7-12(5-6-14(10)16)21(19,20)18-8-11-3-2-4-15(17)13(11)9-18/h5-7,11,13,15H,2-4,8-9,17H2,1H3. The summed E-state index contributed by atoms with van der Waals surface area (Å²) in [5.41, 5.74) is 7.12. The van der Waals surface area contributed by atoms with Crippen molar-refractivity contribution in [2.75, 3.05) is 13.1 Å². The van der Waals surface area contributed by atoms with Gasteiger partial charge in [0.2, 0.25) is 10.0 Å². The first kappa shape index (κ1) is 15.5. The van der Waals surface area contributed by atoms with Gasteiger partial charge in [-0.15, -0.1) is 0 Å². The van der Waals surface area contributed by atoms with Gasteiger partial charge in [0.25, 0.3) is 0 Å². The molecule has 0 amide bonds. The molecule has 116 valence electrons. The van der Waals surface area contributed by atoms with E-state index in [1.807, 2.05) is 6.92 Å².